The van der Waals surface area contributed by atoms with Crippen LogP contribution in [0, 0.1) is 12.3 Å². The van der Waals surface area contributed by atoms with Gasteiger partial charge in [-0.1, -0.05) is 17.7 Å². The molecule has 0 aliphatic carbocycles. The number of hydrogen-bond donors (Lipinski definition) is 0. The van der Waals surface area contributed by atoms with E-state index in [-0.39, 0.29) is 11.0 Å². The second-order valence-corrected chi connectivity index (χ2v) is 7.23. The fraction of sp³-hybridized carbons (Fsp3) is 0.611. The minimum Gasteiger partial charge on any atom is -0.376 e. The predicted octanol–water partition coefficient (Wildman–Crippen LogP) is 3.83. The summed E-state index contributed by atoms with van der Waals surface area (Å²) in [6, 6.07) is 8.39. The van der Waals surface area contributed by atoms with E-state index in [4.69, 9.17) is 9.73 Å². The van der Waals surface area contributed by atoms with Crippen LogP contribution >= 0.6 is 0 Å². The summed E-state index contributed by atoms with van der Waals surface area (Å²) in [6.07, 6.45) is 4.21. The minimum absolute atomic E-state index is 0.0758. The standard InChI is InChI=1S/C18H28N2O/c1-15-6-8-16(9-7-15)19-13-18(14-20(4)5)10-11-21-17(2,3)12-18/h6-9,13H,10-12,14H2,1-5H3. The molecule has 1 aliphatic rings. The summed E-state index contributed by atoms with van der Waals surface area (Å²) in [4.78, 5) is 7.01. The molecular weight excluding hydrogens is 260 g/mol. The molecule has 0 aromatic heterocycles. The van der Waals surface area contributed by atoms with E-state index >= 15 is 0 Å². The Morgan fingerprint density at radius 2 is 1.90 bits per heavy atom. The highest BCUT2D eigenvalue weighted by molar-refractivity contribution is 5.70. The maximum atomic E-state index is 5.89. The summed E-state index contributed by atoms with van der Waals surface area (Å²) in [6.45, 7) is 8.27. The van der Waals surface area contributed by atoms with Gasteiger partial charge in [-0.2, -0.15) is 0 Å². The summed E-state index contributed by atoms with van der Waals surface area (Å²) < 4.78 is 5.89. The Bertz CT molecular complexity index is 490. The maximum absolute atomic E-state index is 5.89. The normalized spacial score (nSPS) is 25.6. The lowest BCUT2D eigenvalue weighted by Gasteiger charge is -2.44. The third-order valence-corrected chi connectivity index (χ3v) is 4.02. The predicted molar refractivity (Wildman–Crippen MR) is 89.6 cm³/mol. The molecule has 1 aliphatic heterocycles. The van der Waals surface area contributed by atoms with Crippen LogP contribution in [0.5, 0.6) is 0 Å². The van der Waals surface area contributed by atoms with Gasteiger partial charge < -0.3 is 9.64 Å². The van der Waals surface area contributed by atoms with Crippen LogP contribution in [-0.4, -0.2) is 44.0 Å². The Kier molecular flexibility index (Phi) is 4.84. The molecule has 3 nitrogen and oxygen atoms in total. The molecule has 21 heavy (non-hydrogen) atoms. The first-order valence-corrected chi connectivity index (χ1v) is 7.71. The maximum Gasteiger partial charge on any atom is 0.0635 e. The first-order valence-electron chi connectivity index (χ1n) is 7.71. The second kappa shape index (κ2) is 6.29. The van der Waals surface area contributed by atoms with E-state index in [9.17, 15) is 0 Å². The summed E-state index contributed by atoms with van der Waals surface area (Å²) in [5.74, 6) is 0. The van der Waals surface area contributed by atoms with Crippen molar-refractivity contribution in [1.29, 1.82) is 0 Å². The third-order valence-electron chi connectivity index (χ3n) is 4.02. The van der Waals surface area contributed by atoms with Crippen molar-refractivity contribution in [2.24, 2.45) is 10.4 Å². The number of aliphatic imine (C=N–C) groups is 1. The van der Waals surface area contributed by atoms with Gasteiger partial charge in [0.05, 0.1) is 11.3 Å². The zero-order chi connectivity index (χ0) is 15.5. The highest BCUT2D eigenvalue weighted by Gasteiger charge is 2.40. The highest BCUT2D eigenvalue weighted by Crippen LogP contribution is 2.38. The van der Waals surface area contributed by atoms with Gasteiger partial charge >= 0.3 is 0 Å². The van der Waals surface area contributed by atoms with Crippen molar-refractivity contribution < 1.29 is 4.74 Å². The summed E-state index contributed by atoms with van der Waals surface area (Å²) in [5.41, 5.74) is 2.32. The highest BCUT2D eigenvalue weighted by atomic mass is 16.5. The number of nitrogens with zero attached hydrogens (tertiary/aromatic N) is 2. The Morgan fingerprint density at radius 1 is 1.24 bits per heavy atom. The van der Waals surface area contributed by atoms with Crippen LogP contribution in [0.15, 0.2) is 29.3 Å². The smallest absolute Gasteiger partial charge is 0.0635 e. The molecule has 2 rings (SSSR count). The second-order valence-electron chi connectivity index (χ2n) is 7.23. The lowest BCUT2D eigenvalue weighted by Crippen LogP contribution is -2.47. The SMILES string of the molecule is Cc1ccc(N=CC2(CN(C)C)CCOC(C)(C)C2)cc1. The average Bonchev–Trinajstić information content (AvgIpc) is 2.36. The zero-order valence-electron chi connectivity index (χ0n) is 14.0. The van der Waals surface area contributed by atoms with Crippen molar-refractivity contribution in [3.63, 3.8) is 0 Å². The van der Waals surface area contributed by atoms with Gasteiger partial charge in [0.25, 0.3) is 0 Å². The van der Waals surface area contributed by atoms with Gasteiger partial charge in [-0.3, -0.25) is 4.99 Å². The van der Waals surface area contributed by atoms with E-state index in [1.54, 1.807) is 0 Å². The fourth-order valence-corrected chi connectivity index (χ4v) is 3.28. The number of aryl methyl sites for hydroxylation is 1. The molecule has 3 heteroatoms. The molecule has 1 unspecified atom stereocenters. The van der Waals surface area contributed by atoms with Crippen molar-refractivity contribution in [2.45, 2.75) is 39.2 Å². The van der Waals surface area contributed by atoms with Crippen molar-refractivity contribution in [3.05, 3.63) is 29.8 Å². The number of ether oxygens (including phenoxy) is 1. The van der Waals surface area contributed by atoms with Crippen LogP contribution in [0.2, 0.25) is 0 Å². The molecule has 1 aromatic rings. The fourth-order valence-electron chi connectivity index (χ4n) is 3.28. The van der Waals surface area contributed by atoms with E-state index < -0.39 is 0 Å². The molecule has 1 heterocycles. The van der Waals surface area contributed by atoms with Crippen molar-refractivity contribution in [3.8, 4) is 0 Å². The molecule has 116 valence electrons. The van der Waals surface area contributed by atoms with Crippen molar-refractivity contribution in [2.75, 3.05) is 27.2 Å². The lowest BCUT2D eigenvalue weighted by molar-refractivity contribution is -0.0886. The van der Waals surface area contributed by atoms with Crippen molar-refractivity contribution in [1.82, 2.24) is 4.90 Å². The van der Waals surface area contributed by atoms with E-state index in [2.05, 4.69) is 70.2 Å². The van der Waals surface area contributed by atoms with Crippen LogP contribution in [0.4, 0.5) is 5.69 Å². The number of benzene rings is 1. The quantitative estimate of drug-likeness (QED) is 0.787. The van der Waals surface area contributed by atoms with Gasteiger partial charge in [-0.05, 0) is 59.8 Å². The summed E-state index contributed by atoms with van der Waals surface area (Å²) in [5, 5.41) is 0. The molecule has 1 fully saturated rings. The van der Waals surface area contributed by atoms with Crippen molar-refractivity contribution >= 4 is 11.9 Å². The van der Waals surface area contributed by atoms with Gasteiger partial charge in [0, 0.05) is 24.8 Å². The Balaban J connectivity index is 2.21. The zero-order valence-corrected chi connectivity index (χ0v) is 14.0. The first kappa shape index (κ1) is 16.2. The van der Waals surface area contributed by atoms with Crippen LogP contribution in [0.1, 0.15) is 32.3 Å². The Labute approximate surface area is 129 Å². The average molecular weight is 288 g/mol. The molecule has 1 saturated heterocycles. The molecule has 0 spiro atoms. The Morgan fingerprint density at radius 3 is 2.48 bits per heavy atom. The van der Waals surface area contributed by atoms with Crippen LogP contribution in [0.25, 0.3) is 0 Å². The van der Waals surface area contributed by atoms with E-state index in [1.807, 2.05) is 0 Å². The monoisotopic (exact) mass is 288 g/mol. The molecule has 1 atom stereocenters. The van der Waals surface area contributed by atoms with Crippen LogP contribution in [0.3, 0.4) is 0 Å². The van der Waals surface area contributed by atoms with Crippen LogP contribution in [-0.2, 0) is 4.74 Å². The molecule has 0 amide bonds. The van der Waals surface area contributed by atoms with E-state index in [0.717, 1.165) is 31.7 Å². The number of rotatable bonds is 4. The Hall–Kier alpha value is -1.19. The van der Waals surface area contributed by atoms with Gasteiger partial charge in [0.1, 0.15) is 0 Å². The molecule has 0 bridgehead atoms. The summed E-state index contributed by atoms with van der Waals surface area (Å²) in [7, 11) is 4.26. The topological polar surface area (TPSA) is 24.8 Å². The largest absolute Gasteiger partial charge is 0.376 e. The molecule has 0 radical (unpaired) electrons. The van der Waals surface area contributed by atoms with E-state index in [0.29, 0.717) is 0 Å². The molecule has 1 aromatic carbocycles. The van der Waals surface area contributed by atoms with Gasteiger partial charge in [-0.15, -0.1) is 0 Å². The number of hydrogen-bond acceptors (Lipinski definition) is 3. The van der Waals surface area contributed by atoms with Gasteiger partial charge in [0.15, 0.2) is 0 Å². The molecule has 0 saturated carbocycles. The molecule has 0 N–H and O–H groups in total. The van der Waals surface area contributed by atoms with Gasteiger partial charge in [-0.25, -0.2) is 0 Å². The lowest BCUT2D eigenvalue weighted by atomic mass is 9.74. The first-order chi connectivity index (χ1) is 9.80. The van der Waals surface area contributed by atoms with Gasteiger partial charge in [0.2, 0.25) is 0 Å². The molecular formula is C18H28N2O. The summed E-state index contributed by atoms with van der Waals surface area (Å²) >= 11 is 0. The van der Waals surface area contributed by atoms with Crippen LogP contribution < -0.4 is 0 Å². The van der Waals surface area contributed by atoms with E-state index in [1.165, 1.54) is 5.56 Å². The third kappa shape index (κ3) is 4.65. The minimum atomic E-state index is -0.0758.